The van der Waals surface area contributed by atoms with Crippen LogP contribution in [0.4, 0.5) is 10.1 Å². The van der Waals surface area contributed by atoms with Crippen LogP contribution in [0.25, 0.3) is 5.69 Å². The van der Waals surface area contributed by atoms with Crippen molar-refractivity contribution in [3.05, 3.63) is 76.3 Å². The zero-order valence-electron chi connectivity index (χ0n) is 16.4. The Morgan fingerprint density at radius 3 is 2.52 bits per heavy atom. The van der Waals surface area contributed by atoms with E-state index in [-0.39, 0.29) is 11.7 Å². The molecule has 0 saturated carbocycles. The Kier molecular flexibility index (Phi) is 5.28. The fourth-order valence-electron chi connectivity index (χ4n) is 3.69. The number of aryl methyl sites for hydroxylation is 2. The van der Waals surface area contributed by atoms with Gasteiger partial charge in [-0.15, -0.1) is 0 Å². The van der Waals surface area contributed by atoms with E-state index in [0.717, 1.165) is 24.3 Å². The van der Waals surface area contributed by atoms with Gasteiger partial charge in [-0.05, 0) is 55.8 Å². The zero-order valence-corrected chi connectivity index (χ0v) is 17.2. The van der Waals surface area contributed by atoms with Gasteiger partial charge in [-0.25, -0.2) is 9.07 Å². The van der Waals surface area contributed by atoms with Gasteiger partial charge in [0.2, 0.25) is 0 Å². The van der Waals surface area contributed by atoms with Crippen LogP contribution in [0.1, 0.15) is 21.7 Å². The largest absolute Gasteiger partial charge is 0.368 e. The predicted octanol–water partition coefficient (Wildman–Crippen LogP) is 4.24. The first-order chi connectivity index (χ1) is 13.9. The fourth-order valence-corrected chi connectivity index (χ4v) is 3.86. The quantitative estimate of drug-likeness (QED) is 0.646. The summed E-state index contributed by atoms with van der Waals surface area (Å²) < 4.78 is 15.2. The van der Waals surface area contributed by atoms with E-state index in [4.69, 9.17) is 11.6 Å². The molecule has 1 aliphatic rings. The summed E-state index contributed by atoms with van der Waals surface area (Å²) in [5, 5.41) is 5.11. The Morgan fingerprint density at radius 2 is 1.79 bits per heavy atom. The van der Waals surface area contributed by atoms with E-state index in [2.05, 4.69) is 16.9 Å². The molecular weight excluding hydrogens is 391 g/mol. The lowest BCUT2D eigenvalue weighted by Crippen LogP contribution is -2.49. The Labute approximate surface area is 174 Å². The van der Waals surface area contributed by atoms with Crippen molar-refractivity contribution in [3.63, 3.8) is 0 Å². The molecule has 1 aliphatic heterocycles. The Balaban J connectivity index is 1.53. The highest BCUT2D eigenvalue weighted by Crippen LogP contribution is 2.26. The van der Waals surface area contributed by atoms with E-state index >= 15 is 0 Å². The summed E-state index contributed by atoms with van der Waals surface area (Å²) in [6, 6.07) is 13.7. The number of carbonyl (C=O) groups excluding carboxylic acids is 1. The third kappa shape index (κ3) is 3.98. The van der Waals surface area contributed by atoms with Crippen LogP contribution in [0.3, 0.4) is 0 Å². The van der Waals surface area contributed by atoms with Gasteiger partial charge < -0.3 is 9.80 Å². The van der Waals surface area contributed by atoms with Crippen LogP contribution in [0.2, 0.25) is 5.02 Å². The minimum absolute atomic E-state index is 0.0997. The first-order valence-electron chi connectivity index (χ1n) is 9.55. The van der Waals surface area contributed by atoms with E-state index < -0.39 is 0 Å². The lowest BCUT2D eigenvalue weighted by atomic mass is 10.1. The average molecular weight is 413 g/mol. The molecule has 5 nitrogen and oxygen atoms in total. The second-order valence-corrected chi connectivity index (χ2v) is 7.71. The Bertz CT molecular complexity index is 1060. The maximum atomic E-state index is 13.7. The molecule has 4 rings (SSSR count). The van der Waals surface area contributed by atoms with Gasteiger partial charge in [-0.1, -0.05) is 23.7 Å². The van der Waals surface area contributed by atoms with Crippen molar-refractivity contribution in [3.8, 4) is 5.69 Å². The molecule has 3 aromatic rings. The first kappa shape index (κ1) is 19.5. The van der Waals surface area contributed by atoms with Crippen molar-refractivity contribution in [2.24, 2.45) is 0 Å². The van der Waals surface area contributed by atoms with Crippen molar-refractivity contribution >= 4 is 23.2 Å². The molecule has 1 fully saturated rings. The molecule has 1 saturated heterocycles. The number of amides is 1. The fraction of sp³-hybridized carbons (Fsp3) is 0.273. The molecule has 0 radical (unpaired) electrons. The summed E-state index contributed by atoms with van der Waals surface area (Å²) in [6.07, 6.45) is 0. The lowest BCUT2D eigenvalue weighted by molar-refractivity contribution is 0.0737. The minimum atomic E-state index is -0.362. The van der Waals surface area contributed by atoms with Gasteiger partial charge >= 0.3 is 0 Å². The highest BCUT2D eigenvalue weighted by atomic mass is 35.5. The number of anilines is 1. The lowest BCUT2D eigenvalue weighted by Gasteiger charge is -2.36. The molecular formula is C22H22ClFN4O. The van der Waals surface area contributed by atoms with Crippen LogP contribution in [0.15, 0.2) is 48.5 Å². The number of hydrogen-bond donors (Lipinski definition) is 0. The van der Waals surface area contributed by atoms with Gasteiger partial charge in [0.25, 0.3) is 5.91 Å². The number of rotatable bonds is 3. The van der Waals surface area contributed by atoms with Crippen molar-refractivity contribution in [1.29, 1.82) is 0 Å². The van der Waals surface area contributed by atoms with E-state index in [9.17, 15) is 9.18 Å². The number of aromatic nitrogens is 2. The summed E-state index contributed by atoms with van der Waals surface area (Å²) in [5.74, 6) is -0.461. The molecule has 7 heteroatoms. The van der Waals surface area contributed by atoms with Gasteiger partial charge in [-0.2, -0.15) is 5.10 Å². The highest BCUT2D eigenvalue weighted by molar-refractivity contribution is 6.30. The highest BCUT2D eigenvalue weighted by Gasteiger charge is 2.26. The van der Waals surface area contributed by atoms with Gasteiger partial charge in [-0.3, -0.25) is 4.79 Å². The van der Waals surface area contributed by atoms with Crippen LogP contribution in [0.5, 0.6) is 0 Å². The molecule has 150 valence electrons. The molecule has 1 aromatic heterocycles. The second-order valence-electron chi connectivity index (χ2n) is 7.27. The molecule has 29 heavy (non-hydrogen) atoms. The monoisotopic (exact) mass is 412 g/mol. The maximum absolute atomic E-state index is 13.7. The van der Waals surface area contributed by atoms with Crippen LogP contribution in [-0.4, -0.2) is 46.8 Å². The van der Waals surface area contributed by atoms with E-state index in [1.807, 2.05) is 30.0 Å². The van der Waals surface area contributed by atoms with Crippen LogP contribution in [0, 0.1) is 19.7 Å². The molecule has 0 spiro atoms. The summed E-state index contributed by atoms with van der Waals surface area (Å²) in [6.45, 7) is 6.52. The Hall–Kier alpha value is -2.86. The van der Waals surface area contributed by atoms with Crippen LogP contribution >= 0.6 is 11.6 Å². The SMILES string of the molecule is Cc1cc(C(=O)N2CCN(c3cc(Cl)ccc3C)CC2)n(-c2cccc(F)c2)n1. The van der Waals surface area contributed by atoms with Gasteiger partial charge in [0.1, 0.15) is 11.5 Å². The second kappa shape index (κ2) is 7.87. The number of hydrogen-bond acceptors (Lipinski definition) is 3. The van der Waals surface area contributed by atoms with Crippen LogP contribution in [-0.2, 0) is 0 Å². The smallest absolute Gasteiger partial charge is 0.272 e. The molecule has 0 N–H and O–H groups in total. The third-order valence-electron chi connectivity index (χ3n) is 5.18. The number of carbonyl (C=O) groups is 1. The molecule has 0 bridgehead atoms. The van der Waals surface area contributed by atoms with Crippen molar-refractivity contribution in [2.75, 3.05) is 31.1 Å². The first-order valence-corrected chi connectivity index (χ1v) is 9.93. The summed E-state index contributed by atoms with van der Waals surface area (Å²) in [5.41, 5.74) is 3.96. The van der Waals surface area contributed by atoms with Gasteiger partial charge in [0.05, 0.1) is 11.4 Å². The summed E-state index contributed by atoms with van der Waals surface area (Å²) >= 11 is 6.16. The molecule has 0 atom stereocenters. The molecule has 0 unspecified atom stereocenters. The van der Waals surface area contributed by atoms with Gasteiger partial charge in [0.15, 0.2) is 0 Å². The van der Waals surface area contributed by atoms with Crippen molar-refractivity contribution in [1.82, 2.24) is 14.7 Å². The minimum Gasteiger partial charge on any atom is -0.368 e. The molecule has 0 aliphatic carbocycles. The number of nitrogens with zero attached hydrogens (tertiary/aromatic N) is 4. The summed E-state index contributed by atoms with van der Waals surface area (Å²) in [7, 11) is 0. The van der Waals surface area contributed by atoms with Crippen molar-refractivity contribution in [2.45, 2.75) is 13.8 Å². The van der Waals surface area contributed by atoms with Crippen molar-refractivity contribution < 1.29 is 9.18 Å². The van der Waals surface area contributed by atoms with E-state index in [0.29, 0.717) is 35.2 Å². The average Bonchev–Trinajstić information content (AvgIpc) is 3.11. The predicted molar refractivity (Wildman–Crippen MR) is 113 cm³/mol. The topological polar surface area (TPSA) is 41.4 Å². The molecule has 2 aromatic carbocycles. The standard InChI is InChI=1S/C22H22ClFN4O/c1-15-6-7-17(23)13-20(15)26-8-10-27(11-9-26)22(29)21-12-16(2)25-28(21)19-5-3-4-18(24)14-19/h3-7,12-14H,8-11H2,1-2H3. The Morgan fingerprint density at radius 1 is 1.03 bits per heavy atom. The third-order valence-corrected chi connectivity index (χ3v) is 5.42. The number of halogens is 2. The van der Waals surface area contributed by atoms with E-state index in [1.165, 1.54) is 16.8 Å². The van der Waals surface area contributed by atoms with E-state index in [1.54, 1.807) is 18.2 Å². The zero-order chi connectivity index (χ0) is 20.5. The number of benzene rings is 2. The normalized spacial score (nSPS) is 14.3. The van der Waals surface area contributed by atoms with Crippen LogP contribution < -0.4 is 4.90 Å². The number of piperazine rings is 1. The maximum Gasteiger partial charge on any atom is 0.272 e. The molecule has 2 heterocycles. The molecule has 1 amide bonds. The van der Waals surface area contributed by atoms with Gasteiger partial charge in [0, 0.05) is 36.9 Å². The summed E-state index contributed by atoms with van der Waals surface area (Å²) in [4.78, 5) is 17.3.